The number of allylic oxidation sites excluding steroid dienone is 1. The van der Waals surface area contributed by atoms with Crippen molar-refractivity contribution in [2.24, 2.45) is 0 Å². The van der Waals surface area contributed by atoms with Crippen LogP contribution in [0.3, 0.4) is 0 Å². The molecule has 2 aromatic heterocycles. The molecule has 1 aliphatic rings. The summed E-state index contributed by atoms with van der Waals surface area (Å²) < 4.78 is 11.1. The molecular weight excluding hydrogens is 364 g/mol. The van der Waals surface area contributed by atoms with Crippen LogP contribution in [-0.2, 0) is 13.0 Å². The van der Waals surface area contributed by atoms with Gasteiger partial charge in [-0.3, -0.25) is 10.00 Å². The van der Waals surface area contributed by atoms with Crippen molar-refractivity contribution >= 4 is 11.0 Å². The van der Waals surface area contributed by atoms with Gasteiger partial charge in [0, 0.05) is 35.3 Å². The fourth-order valence-corrected chi connectivity index (χ4v) is 4.32. The van der Waals surface area contributed by atoms with Crippen molar-refractivity contribution in [3.8, 4) is 11.5 Å². The third kappa shape index (κ3) is 3.98. The molecule has 152 valence electrons. The molecule has 0 atom stereocenters. The number of ether oxygens (including phenoxy) is 2. The van der Waals surface area contributed by atoms with Crippen LogP contribution in [0, 0.1) is 0 Å². The zero-order chi connectivity index (χ0) is 20.2. The van der Waals surface area contributed by atoms with Crippen molar-refractivity contribution in [3.63, 3.8) is 0 Å². The van der Waals surface area contributed by atoms with Gasteiger partial charge in [-0.2, -0.15) is 5.10 Å². The summed E-state index contributed by atoms with van der Waals surface area (Å²) in [6.07, 6.45) is 6.67. The number of piperidine rings is 1. The van der Waals surface area contributed by atoms with Crippen LogP contribution in [0.5, 0.6) is 11.5 Å². The van der Waals surface area contributed by atoms with Crippen LogP contribution < -0.4 is 9.47 Å². The standard InChI is InChI=1S/C23H28N4O2/c1-4-6-18-13-16(14-20(28-2)22(18)29-3)15-27-11-8-17(9-12-27)21-19-7-5-10-24-23(19)26-25-21/h4-5,7,10,13-14,17H,1,6,8-9,11-12,15H2,2-3H3,(H,24,25,26). The number of fused-ring (bicyclic) bond motifs is 1. The highest BCUT2D eigenvalue weighted by Gasteiger charge is 2.24. The number of methoxy groups -OCH3 is 2. The van der Waals surface area contributed by atoms with E-state index < -0.39 is 0 Å². The first-order chi connectivity index (χ1) is 14.2. The molecule has 1 aromatic carbocycles. The number of pyridine rings is 1. The van der Waals surface area contributed by atoms with Gasteiger partial charge in [0.25, 0.3) is 0 Å². The number of aromatic amines is 1. The fraction of sp³-hybridized carbons (Fsp3) is 0.391. The molecule has 6 nitrogen and oxygen atoms in total. The van der Waals surface area contributed by atoms with E-state index in [4.69, 9.17) is 9.47 Å². The molecule has 29 heavy (non-hydrogen) atoms. The summed E-state index contributed by atoms with van der Waals surface area (Å²) in [6, 6.07) is 8.39. The van der Waals surface area contributed by atoms with Gasteiger partial charge in [0.05, 0.1) is 14.2 Å². The lowest BCUT2D eigenvalue weighted by Crippen LogP contribution is -2.32. The third-order valence-corrected chi connectivity index (χ3v) is 5.74. The molecule has 1 aliphatic heterocycles. The molecule has 0 aliphatic carbocycles. The van der Waals surface area contributed by atoms with Crippen LogP contribution in [-0.4, -0.2) is 47.4 Å². The predicted octanol–water partition coefficient (Wildman–Crippen LogP) is 4.08. The lowest BCUT2D eigenvalue weighted by atomic mass is 9.91. The Morgan fingerprint density at radius 3 is 2.79 bits per heavy atom. The molecule has 0 radical (unpaired) electrons. The van der Waals surface area contributed by atoms with Crippen molar-refractivity contribution in [1.29, 1.82) is 0 Å². The van der Waals surface area contributed by atoms with E-state index in [1.807, 2.05) is 12.1 Å². The molecule has 1 N–H and O–H groups in total. The SMILES string of the molecule is C=CCc1cc(CN2CCC(c3[nH]nc4ncccc34)CC2)cc(OC)c1OC. The Kier molecular flexibility index (Phi) is 5.81. The zero-order valence-corrected chi connectivity index (χ0v) is 17.1. The van der Waals surface area contributed by atoms with Gasteiger partial charge in [-0.15, -0.1) is 6.58 Å². The summed E-state index contributed by atoms with van der Waals surface area (Å²) >= 11 is 0. The summed E-state index contributed by atoms with van der Waals surface area (Å²) in [5.74, 6) is 2.09. The number of likely N-dealkylation sites (tertiary alicyclic amines) is 1. The molecule has 6 heteroatoms. The van der Waals surface area contributed by atoms with E-state index in [2.05, 4.69) is 44.9 Å². The van der Waals surface area contributed by atoms with Gasteiger partial charge in [-0.25, -0.2) is 4.98 Å². The lowest BCUT2D eigenvalue weighted by molar-refractivity contribution is 0.203. The number of nitrogens with one attached hydrogen (secondary N) is 1. The van der Waals surface area contributed by atoms with Crippen molar-refractivity contribution in [2.75, 3.05) is 27.3 Å². The molecule has 0 bridgehead atoms. The quantitative estimate of drug-likeness (QED) is 0.614. The second kappa shape index (κ2) is 8.66. The first-order valence-corrected chi connectivity index (χ1v) is 10.1. The van der Waals surface area contributed by atoms with E-state index in [1.54, 1.807) is 20.4 Å². The summed E-state index contributed by atoms with van der Waals surface area (Å²) in [7, 11) is 3.37. The Hall–Kier alpha value is -2.86. The Labute approximate surface area is 171 Å². The van der Waals surface area contributed by atoms with E-state index in [1.165, 1.54) is 11.3 Å². The van der Waals surface area contributed by atoms with Crippen LogP contribution in [0.1, 0.15) is 35.6 Å². The number of H-pyrrole nitrogens is 1. The first kappa shape index (κ1) is 19.5. The van der Waals surface area contributed by atoms with Gasteiger partial charge >= 0.3 is 0 Å². The molecule has 0 saturated carbocycles. The first-order valence-electron chi connectivity index (χ1n) is 10.1. The van der Waals surface area contributed by atoms with Crippen molar-refractivity contribution in [1.82, 2.24) is 20.1 Å². The van der Waals surface area contributed by atoms with E-state index in [0.29, 0.717) is 5.92 Å². The minimum Gasteiger partial charge on any atom is -0.493 e. The molecule has 4 rings (SSSR count). The topological polar surface area (TPSA) is 63.3 Å². The van der Waals surface area contributed by atoms with Crippen molar-refractivity contribution in [2.45, 2.75) is 31.7 Å². The average Bonchev–Trinajstić information content (AvgIpc) is 3.18. The molecule has 0 spiro atoms. The van der Waals surface area contributed by atoms with Gasteiger partial charge in [0.2, 0.25) is 0 Å². The molecule has 1 fully saturated rings. The Balaban J connectivity index is 1.45. The predicted molar refractivity (Wildman–Crippen MR) is 115 cm³/mol. The van der Waals surface area contributed by atoms with Crippen molar-refractivity contribution < 1.29 is 9.47 Å². The van der Waals surface area contributed by atoms with Gasteiger partial charge in [0.15, 0.2) is 17.1 Å². The number of aromatic nitrogens is 3. The highest BCUT2D eigenvalue weighted by atomic mass is 16.5. The smallest absolute Gasteiger partial charge is 0.181 e. The summed E-state index contributed by atoms with van der Waals surface area (Å²) in [6.45, 7) is 6.88. The normalized spacial score (nSPS) is 15.5. The Bertz CT molecular complexity index is 990. The van der Waals surface area contributed by atoms with Crippen LogP contribution in [0.15, 0.2) is 43.1 Å². The highest BCUT2D eigenvalue weighted by molar-refractivity contribution is 5.77. The number of rotatable bonds is 7. The lowest BCUT2D eigenvalue weighted by Gasteiger charge is -2.31. The number of nitrogens with zero attached hydrogens (tertiary/aromatic N) is 3. The van der Waals surface area contributed by atoms with Gasteiger partial charge in [-0.05, 0) is 56.1 Å². The number of hydrogen-bond donors (Lipinski definition) is 1. The summed E-state index contributed by atoms with van der Waals surface area (Å²) in [5, 5.41) is 8.74. The monoisotopic (exact) mass is 392 g/mol. The van der Waals surface area contributed by atoms with Gasteiger partial charge in [0.1, 0.15) is 0 Å². The number of benzene rings is 1. The zero-order valence-electron chi connectivity index (χ0n) is 17.1. The molecule has 1 saturated heterocycles. The molecule has 3 heterocycles. The van der Waals surface area contributed by atoms with E-state index in [0.717, 1.165) is 67.0 Å². The van der Waals surface area contributed by atoms with Crippen LogP contribution in [0.2, 0.25) is 0 Å². The number of hydrogen-bond acceptors (Lipinski definition) is 5. The molecular formula is C23H28N4O2. The second-order valence-corrected chi connectivity index (χ2v) is 7.55. The maximum Gasteiger partial charge on any atom is 0.181 e. The molecule has 3 aromatic rings. The second-order valence-electron chi connectivity index (χ2n) is 7.55. The van der Waals surface area contributed by atoms with Crippen LogP contribution in [0.25, 0.3) is 11.0 Å². The van der Waals surface area contributed by atoms with Crippen LogP contribution >= 0.6 is 0 Å². The third-order valence-electron chi connectivity index (χ3n) is 5.74. The molecule has 0 unspecified atom stereocenters. The van der Waals surface area contributed by atoms with Crippen LogP contribution in [0.4, 0.5) is 0 Å². The van der Waals surface area contributed by atoms with Crippen molar-refractivity contribution in [3.05, 3.63) is 59.9 Å². The maximum absolute atomic E-state index is 5.57. The minimum atomic E-state index is 0.502. The van der Waals surface area contributed by atoms with Gasteiger partial charge < -0.3 is 9.47 Å². The van der Waals surface area contributed by atoms with E-state index in [9.17, 15) is 0 Å². The van der Waals surface area contributed by atoms with E-state index >= 15 is 0 Å². The summed E-state index contributed by atoms with van der Waals surface area (Å²) in [5.41, 5.74) is 4.40. The largest absolute Gasteiger partial charge is 0.493 e. The Morgan fingerprint density at radius 2 is 2.07 bits per heavy atom. The fourth-order valence-electron chi connectivity index (χ4n) is 4.32. The highest BCUT2D eigenvalue weighted by Crippen LogP contribution is 2.35. The minimum absolute atomic E-state index is 0.502. The summed E-state index contributed by atoms with van der Waals surface area (Å²) in [4.78, 5) is 6.85. The average molecular weight is 393 g/mol. The van der Waals surface area contributed by atoms with Gasteiger partial charge in [-0.1, -0.05) is 12.1 Å². The van der Waals surface area contributed by atoms with E-state index in [-0.39, 0.29) is 0 Å². The molecule has 0 amide bonds. The maximum atomic E-state index is 5.57. The Morgan fingerprint density at radius 1 is 1.24 bits per heavy atom.